The van der Waals surface area contributed by atoms with Crippen molar-refractivity contribution >= 4 is 0 Å². The highest BCUT2D eigenvalue weighted by Gasteiger charge is 1.94. The van der Waals surface area contributed by atoms with E-state index in [0.717, 1.165) is 18.4 Å². The lowest BCUT2D eigenvalue weighted by Crippen LogP contribution is -2.12. The monoisotopic (exact) mass is 138 g/mol. The second-order valence-electron chi connectivity index (χ2n) is 2.16. The molecule has 0 unspecified atom stereocenters. The van der Waals surface area contributed by atoms with Gasteiger partial charge in [0.2, 0.25) is 0 Å². The summed E-state index contributed by atoms with van der Waals surface area (Å²) >= 11 is 0. The highest BCUT2D eigenvalue weighted by Crippen LogP contribution is 1.91. The van der Waals surface area contributed by atoms with Gasteiger partial charge in [-0.05, 0) is 12.5 Å². The molecule has 0 saturated heterocycles. The smallest absolute Gasteiger partial charge is 0.267 e. The van der Waals surface area contributed by atoms with Crippen LogP contribution in [0.1, 0.15) is 18.9 Å². The summed E-state index contributed by atoms with van der Waals surface area (Å²) in [6, 6.07) is 1.75. The van der Waals surface area contributed by atoms with Gasteiger partial charge < -0.3 is 0 Å². The van der Waals surface area contributed by atoms with Crippen LogP contribution in [0.4, 0.5) is 0 Å². The number of rotatable bonds is 2. The molecule has 0 bridgehead atoms. The molecule has 3 heteroatoms. The van der Waals surface area contributed by atoms with Crippen LogP contribution in [-0.4, -0.2) is 10.2 Å². The molecule has 1 N–H and O–H groups in total. The van der Waals surface area contributed by atoms with Gasteiger partial charge in [-0.2, -0.15) is 5.10 Å². The summed E-state index contributed by atoms with van der Waals surface area (Å²) < 4.78 is 0. The zero-order valence-corrected chi connectivity index (χ0v) is 5.92. The quantitative estimate of drug-likeness (QED) is 0.654. The number of nitrogens with one attached hydrogen (secondary N) is 1. The van der Waals surface area contributed by atoms with Crippen molar-refractivity contribution in [3.8, 4) is 0 Å². The van der Waals surface area contributed by atoms with E-state index in [-0.39, 0.29) is 5.56 Å². The zero-order chi connectivity index (χ0) is 7.40. The van der Waals surface area contributed by atoms with Gasteiger partial charge in [-0.3, -0.25) is 4.79 Å². The van der Waals surface area contributed by atoms with Crippen molar-refractivity contribution in [2.75, 3.05) is 0 Å². The molecule has 10 heavy (non-hydrogen) atoms. The molecule has 0 atom stereocenters. The number of aromatic amines is 1. The minimum Gasteiger partial charge on any atom is -0.268 e. The fourth-order valence-corrected chi connectivity index (χ4v) is 0.837. The van der Waals surface area contributed by atoms with Gasteiger partial charge >= 0.3 is 0 Å². The first-order valence-electron chi connectivity index (χ1n) is 3.37. The summed E-state index contributed by atoms with van der Waals surface area (Å²) in [6.45, 7) is 2.04. The third-order valence-corrected chi connectivity index (χ3v) is 1.33. The summed E-state index contributed by atoms with van der Waals surface area (Å²) in [5, 5.41) is 5.97. The third-order valence-electron chi connectivity index (χ3n) is 1.33. The first-order valence-corrected chi connectivity index (χ1v) is 3.37. The summed E-state index contributed by atoms with van der Waals surface area (Å²) in [6.07, 6.45) is 3.43. The van der Waals surface area contributed by atoms with Crippen LogP contribution in [0, 0.1) is 0 Å². The Balaban J connectivity index is 2.92. The van der Waals surface area contributed by atoms with Gasteiger partial charge in [0.1, 0.15) is 0 Å². The second-order valence-corrected chi connectivity index (χ2v) is 2.16. The number of hydrogen-bond donors (Lipinski definition) is 1. The van der Waals surface area contributed by atoms with E-state index in [0.29, 0.717) is 0 Å². The molecule has 0 saturated carbocycles. The maximum absolute atomic E-state index is 10.9. The largest absolute Gasteiger partial charge is 0.268 e. The summed E-state index contributed by atoms with van der Waals surface area (Å²) in [4.78, 5) is 10.9. The molecular weight excluding hydrogens is 128 g/mol. The van der Waals surface area contributed by atoms with Crippen LogP contribution in [0.25, 0.3) is 0 Å². The Bertz CT molecular complexity index is 254. The summed E-state index contributed by atoms with van der Waals surface area (Å²) in [5.74, 6) is 0. The minimum absolute atomic E-state index is 0.0654. The number of aryl methyl sites for hydroxylation is 1. The SMILES string of the molecule is CCCc1ccn[nH]c1=O. The molecule has 1 aromatic heterocycles. The van der Waals surface area contributed by atoms with Gasteiger partial charge in [-0.15, -0.1) is 0 Å². The molecule has 0 radical (unpaired) electrons. The van der Waals surface area contributed by atoms with Crippen molar-refractivity contribution in [1.82, 2.24) is 10.2 Å². The third kappa shape index (κ3) is 1.43. The van der Waals surface area contributed by atoms with E-state index in [4.69, 9.17) is 0 Å². The van der Waals surface area contributed by atoms with Gasteiger partial charge in [-0.25, -0.2) is 5.10 Å². The standard InChI is InChI=1S/C7H10N2O/c1-2-3-6-4-5-8-9-7(6)10/h4-5H,2-3H2,1H3,(H,9,10). The predicted octanol–water partition coefficient (Wildman–Crippen LogP) is 0.722. The van der Waals surface area contributed by atoms with Crippen LogP contribution in [0.15, 0.2) is 17.1 Å². The average molecular weight is 138 g/mol. The van der Waals surface area contributed by atoms with Crippen molar-refractivity contribution in [2.24, 2.45) is 0 Å². The van der Waals surface area contributed by atoms with Gasteiger partial charge in [0, 0.05) is 11.8 Å². The average Bonchev–Trinajstić information content (AvgIpc) is 1.94. The Kier molecular flexibility index (Phi) is 2.20. The van der Waals surface area contributed by atoms with Crippen molar-refractivity contribution in [3.05, 3.63) is 28.2 Å². The van der Waals surface area contributed by atoms with Gasteiger partial charge in [0.25, 0.3) is 5.56 Å². The minimum atomic E-state index is -0.0654. The maximum Gasteiger partial charge on any atom is 0.267 e. The predicted molar refractivity (Wildman–Crippen MR) is 38.9 cm³/mol. The number of hydrogen-bond acceptors (Lipinski definition) is 2. The van der Waals surface area contributed by atoms with Gasteiger partial charge in [-0.1, -0.05) is 13.3 Å². The van der Waals surface area contributed by atoms with Crippen LogP contribution in [0.3, 0.4) is 0 Å². The molecule has 1 rings (SSSR count). The van der Waals surface area contributed by atoms with Crippen molar-refractivity contribution in [1.29, 1.82) is 0 Å². The first-order chi connectivity index (χ1) is 4.84. The molecule has 3 nitrogen and oxygen atoms in total. The molecule has 0 amide bonds. The lowest BCUT2D eigenvalue weighted by Gasteiger charge is -1.92. The molecule has 54 valence electrons. The second kappa shape index (κ2) is 3.15. The van der Waals surface area contributed by atoms with Gasteiger partial charge in [0.15, 0.2) is 0 Å². The highest BCUT2D eigenvalue weighted by atomic mass is 16.1. The highest BCUT2D eigenvalue weighted by molar-refractivity contribution is 5.05. The molecule has 0 aromatic carbocycles. The van der Waals surface area contributed by atoms with E-state index < -0.39 is 0 Å². The Morgan fingerprint density at radius 1 is 1.70 bits per heavy atom. The lowest BCUT2D eigenvalue weighted by molar-refractivity contribution is 0.869. The Morgan fingerprint density at radius 3 is 3.10 bits per heavy atom. The lowest BCUT2D eigenvalue weighted by atomic mass is 10.2. The zero-order valence-electron chi connectivity index (χ0n) is 5.92. The summed E-state index contributed by atoms with van der Waals surface area (Å²) in [7, 11) is 0. The molecule has 1 aromatic rings. The van der Waals surface area contributed by atoms with E-state index in [2.05, 4.69) is 10.2 Å². The Hall–Kier alpha value is -1.12. The molecule has 1 heterocycles. The van der Waals surface area contributed by atoms with Crippen LogP contribution < -0.4 is 5.56 Å². The van der Waals surface area contributed by atoms with Crippen molar-refractivity contribution in [2.45, 2.75) is 19.8 Å². The normalized spacial score (nSPS) is 9.70. The van der Waals surface area contributed by atoms with Gasteiger partial charge in [0.05, 0.1) is 0 Å². The van der Waals surface area contributed by atoms with E-state index in [1.54, 1.807) is 12.3 Å². The maximum atomic E-state index is 10.9. The number of H-pyrrole nitrogens is 1. The Morgan fingerprint density at radius 2 is 2.50 bits per heavy atom. The van der Waals surface area contributed by atoms with Crippen LogP contribution in [0.2, 0.25) is 0 Å². The van der Waals surface area contributed by atoms with Crippen LogP contribution >= 0.6 is 0 Å². The van der Waals surface area contributed by atoms with E-state index in [1.165, 1.54) is 0 Å². The molecule has 0 aliphatic carbocycles. The Labute approximate surface area is 59.1 Å². The topological polar surface area (TPSA) is 45.8 Å². The first kappa shape index (κ1) is 6.99. The fraction of sp³-hybridized carbons (Fsp3) is 0.429. The molecule has 0 fully saturated rings. The van der Waals surface area contributed by atoms with Crippen LogP contribution in [-0.2, 0) is 6.42 Å². The van der Waals surface area contributed by atoms with Crippen molar-refractivity contribution < 1.29 is 0 Å². The number of aromatic nitrogens is 2. The fourth-order valence-electron chi connectivity index (χ4n) is 0.837. The summed E-state index contributed by atoms with van der Waals surface area (Å²) in [5.41, 5.74) is 0.752. The van der Waals surface area contributed by atoms with E-state index in [1.807, 2.05) is 6.92 Å². The molecule has 0 aliphatic rings. The van der Waals surface area contributed by atoms with E-state index in [9.17, 15) is 4.79 Å². The van der Waals surface area contributed by atoms with E-state index >= 15 is 0 Å². The molecule has 0 spiro atoms. The molecular formula is C7H10N2O. The van der Waals surface area contributed by atoms with Crippen LogP contribution in [0.5, 0.6) is 0 Å². The number of nitrogens with zero attached hydrogens (tertiary/aromatic N) is 1. The van der Waals surface area contributed by atoms with Crippen molar-refractivity contribution in [3.63, 3.8) is 0 Å². The molecule has 0 aliphatic heterocycles.